The normalized spacial score (nSPS) is 16.1. The van der Waals surface area contributed by atoms with E-state index in [0.717, 1.165) is 18.2 Å². The number of halogens is 4. The molecule has 1 N–H and O–H groups in total. The number of rotatable bonds is 3. The maximum atomic E-state index is 12.7. The van der Waals surface area contributed by atoms with Crippen LogP contribution in [0.25, 0.3) is 0 Å². The molecule has 0 saturated carbocycles. The number of carbonyl (C=O) groups is 2. The van der Waals surface area contributed by atoms with Crippen LogP contribution < -0.4 is 5.32 Å². The molecule has 1 saturated heterocycles. The van der Waals surface area contributed by atoms with Crippen molar-refractivity contribution in [2.45, 2.75) is 12.6 Å². The lowest BCUT2D eigenvalue weighted by atomic mass is 10.2. The molecule has 1 aliphatic heterocycles. The summed E-state index contributed by atoms with van der Waals surface area (Å²) >= 11 is 5.81. The maximum Gasteiger partial charge on any atom is 0.416 e. The van der Waals surface area contributed by atoms with Gasteiger partial charge in [-0.2, -0.15) is 13.2 Å². The van der Waals surface area contributed by atoms with Crippen LogP contribution in [0.15, 0.2) is 18.2 Å². The van der Waals surface area contributed by atoms with Crippen LogP contribution in [0.2, 0.25) is 5.02 Å². The number of amides is 2. The first-order chi connectivity index (χ1) is 11.2. The highest BCUT2D eigenvalue weighted by molar-refractivity contribution is 6.33. The maximum absolute atomic E-state index is 12.7. The number of likely N-dealkylation sites (N-methyl/N-ethyl adjacent to an activating group) is 1. The summed E-state index contributed by atoms with van der Waals surface area (Å²) < 4.78 is 38.1. The Labute approximate surface area is 142 Å². The Kier molecular flexibility index (Phi) is 5.71. The number of benzene rings is 1. The van der Waals surface area contributed by atoms with Crippen molar-refractivity contribution in [2.75, 3.05) is 38.5 Å². The number of nitrogens with zero attached hydrogens (tertiary/aromatic N) is 2. The van der Waals surface area contributed by atoms with Crippen molar-refractivity contribution in [3.8, 4) is 0 Å². The highest BCUT2D eigenvalue weighted by Gasteiger charge is 2.31. The molecule has 0 radical (unpaired) electrons. The molecule has 132 valence electrons. The number of hydrogen-bond acceptors (Lipinski definition) is 3. The Balaban J connectivity index is 1.98. The molecule has 0 aromatic heterocycles. The molecule has 0 unspecified atom stereocenters. The molecule has 0 aliphatic carbocycles. The second-order valence-electron chi connectivity index (χ2n) is 5.60. The van der Waals surface area contributed by atoms with Gasteiger partial charge in [-0.05, 0) is 25.2 Å². The monoisotopic (exact) mass is 363 g/mol. The Bertz CT molecular complexity index is 629. The summed E-state index contributed by atoms with van der Waals surface area (Å²) in [7, 11) is 1.93. The van der Waals surface area contributed by atoms with Gasteiger partial charge in [0.05, 0.1) is 16.3 Å². The fourth-order valence-corrected chi connectivity index (χ4v) is 2.46. The minimum Gasteiger partial charge on any atom is -0.340 e. The smallest absolute Gasteiger partial charge is 0.340 e. The van der Waals surface area contributed by atoms with Crippen molar-refractivity contribution < 1.29 is 22.8 Å². The molecular weight excluding hydrogens is 347 g/mol. The zero-order valence-corrected chi connectivity index (χ0v) is 13.7. The standard InChI is InChI=1S/C15H17ClF3N3O2/c1-21-4-6-22(7-5-21)14(24)9-13(23)20-12-8-10(15(17,18)19)2-3-11(12)16/h2-3,8H,4-7,9H2,1H3,(H,20,23). The molecule has 1 heterocycles. The van der Waals surface area contributed by atoms with Gasteiger partial charge in [-0.1, -0.05) is 11.6 Å². The highest BCUT2D eigenvalue weighted by atomic mass is 35.5. The van der Waals surface area contributed by atoms with Gasteiger partial charge in [0, 0.05) is 26.2 Å². The van der Waals surface area contributed by atoms with E-state index in [1.165, 1.54) is 0 Å². The van der Waals surface area contributed by atoms with Gasteiger partial charge in [0.1, 0.15) is 6.42 Å². The van der Waals surface area contributed by atoms with Gasteiger partial charge >= 0.3 is 6.18 Å². The SMILES string of the molecule is CN1CCN(C(=O)CC(=O)Nc2cc(C(F)(F)F)ccc2Cl)CC1. The van der Waals surface area contributed by atoms with Crippen molar-refractivity contribution in [3.05, 3.63) is 28.8 Å². The van der Waals surface area contributed by atoms with Crippen LogP contribution in [0.1, 0.15) is 12.0 Å². The van der Waals surface area contributed by atoms with Gasteiger partial charge in [-0.15, -0.1) is 0 Å². The molecule has 24 heavy (non-hydrogen) atoms. The third kappa shape index (κ3) is 4.85. The van der Waals surface area contributed by atoms with E-state index >= 15 is 0 Å². The molecule has 1 aromatic rings. The first-order valence-corrected chi connectivity index (χ1v) is 7.67. The lowest BCUT2D eigenvalue weighted by Crippen LogP contribution is -2.47. The number of carbonyl (C=O) groups excluding carboxylic acids is 2. The zero-order valence-electron chi connectivity index (χ0n) is 13.0. The quantitative estimate of drug-likeness (QED) is 0.839. The fourth-order valence-electron chi connectivity index (χ4n) is 2.30. The van der Waals surface area contributed by atoms with E-state index < -0.39 is 24.1 Å². The van der Waals surface area contributed by atoms with Crippen molar-refractivity contribution in [2.24, 2.45) is 0 Å². The summed E-state index contributed by atoms with van der Waals surface area (Å²) in [6, 6.07) is 2.64. The average Bonchev–Trinajstić information content (AvgIpc) is 2.48. The predicted octanol–water partition coefficient (Wildman–Crippen LogP) is 2.46. The van der Waals surface area contributed by atoms with Crippen molar-refractivity contribution >= 4 is 29.1 Å². The van der Waals surface area contributed by atoms with Gasteiger partial charge in [0.25, 0.3) is 0 Å². The Morgan fingerprint density at radius 2 is 1.83 bits per heavy atom. The van der Waals surface area contributed by atoms with E-state index in [1.807, 2.05) is 7.05 Å². The van der Waals surface area contributed by atoms with Gasteiger partial charge in [0.15, 0.2) is 0 Å². The highest BCUT2D eigenvalue weighted by Crippen LogP contribution is 2.33. The first kappa shape index (κ1) is 18.5. The van der Waals surface area contributed by atoms with Crippen LogP contribution in [0.4, 0.5) is 18.9 Å². The van der Waals surface area contributed by atoms with Crippen LogP contribution in [-0.2, 0) is 15.8 Å². The van der Waals surface area contributed by atoms with Crippen LogP contribution in [-0.4, -0.2) is 54.8 Å². The van der Waals surface area contributed by atoms with Crippen LogP contribution >= 0.6 is 11.6 Å². The molecule has 1 aliphatic rings. The van der Waals surface area contributed by atoms with E-state index in [2.05, 4.69) is 10.2 Å². The molecule has 1 aromatic carbocycles. The molecular formula is C15H17ClF3N3O2. The largest absolute Gasteiger partial charge is 0.416 e. The molecule has 5 nitrogen and oxygen atoms in total. The van der Waals surface area contributed by atoms with Gasteiger partial charge in [-0.25, -0.2) is 0 Å². The number of anilines is 1. The predicted molar refractivity (Wildman–Crippen MR) is 83.8 cm³/mol. The first-order valence-electron chi connectivity index (χ1n) is 7.30. The number of piperazine rings is 1. The number of nitrogens with one attached hydrogen (secondary N) is 1. The zero-order chi connectivity index (χ0) is 17.9. The second-order valence-corrected chi connectivity index (χ2v) is 6.01. The summed E-state index contributed by atoms with van der Waals surface area (Å²) in [5.41, 5.74) is -1.09. The molecule has 9 heteroatoms. The summed E-state index contributed by atoms with van der Waals surface area (Å²) in [6.45, 7) is 2.47. The third-order valence-corrected chi connectivity index (χ3v) is 4.07. The summed E-state index contributed by atoms with van der Waals surface area (Å²) in [5, 5.41) is 2.25. The average molecular weight is 364 g/mol. The molecule has 2 rings (SSSR count). The van der Waals surface area contributed by atoms with Gasteiger partial charge < -0.3 is 15.1 Å². The van der Waals surface area contributed by atoms with Crippen LogP contribution in [0.5, 0.6) is 0 Å². The molecule has 0 bridgehead atoms. The minimum absolute atomic E-state index is 0.0246. The number of alkyl halides is 3. The lowest BCUT2D eigenvalue weighted by Gasteiger charge is -2.32. The second kappa shape index (κ2) is 7.40. The number of hydrogen-bond donors (Lipinski definition) is 1. The Morgan fingerprint density at radius 1 is 1.21 bits per heavy atom. The van der Waals surface area contributed by atoms with Crippen LogP contribution in [0.3, 0.4) is 0 Å². The molecule has 0 spiro atoms. The summed E-state index contributed by atoms with van der Waals surface area (Å²) in [5.74, 6) is -1.05. The van der Waals surface area contributed by atoms with Crippen molar-refractivity contribution in [3.63, 3.8) is 0 Å². The minimum atomic E-state index is -4.54. The van der Waals surface area contributed by atoms with Crippen LogP contribution in [0, 0.1) is 0 Å². The topological polar surface area (TPSA) is 52.7 Å². The Hall–Kier alpha value is -1.80. The third-order valence-electron chi connectivity index (χ3n) is 3.74. The van der Waals surface area contributed by atoms with Crippen molar-refractivity contribution in [1.29, 1.82) is 0 Å². The summed E-state index contributed by atoms with van der Waals surface area (Å²) in [6.07, 6.45) is -4.98. The van der Waals surface area contributed by atoms with E-state index in [0.29, 0.717) is 26.2 Å². The fraction of sp³-hybridized carbons (Fsp3) is 0.467. The summed E-state index contributed by atoms with van der Waals surface area (Å²) in [4.78, 5) is 27.6. The lowest BCUT2D eigenvalue weighted by molar-refractivity contribution is -0.138. The van der Waals surface area contributed by atoms with E-state index in [9.17, 15) is 22.8 Å². The molecule has 2 amide bonds. The van der Waals surface area contributed by atoms with E-state index in [4.69, 9.17) is 11.6 Å². The Morgan fingerprint density at radius 3 is 2.42 bits per heavy atom. The van der Waals surface area contributed by atoms with Gasteiger partial charge in [-0.3, -0.25) is 9.59 Å². The van der Waals surface area contributed by atoms with Crippen molar-refractivity contribution in [1.82, 2.24) is 9.80 Å². The van der Waals surface area contributed by atoms with Gasteiger partial charge in [0.2, 0.25) is 11.8 Å². The van der Waals surface area contributed by atoms with E-state index in [1.54, 1.807) is 4.90 Å². The molecule has 0 atom stereocenters. The van der Waals surface area contributed by atoms with E-state index in [-0.39, 0.29) is 16.6 Å². The molecule has 1 fully saturated rings.